The molecule has 136 valence electrons. The molecule has 6 nitrogen and oxygen atoms in total. The van der Waals surface area contributed by atoms with Crippen LogP contribution in [0.15, 0.2) is 18.2 Å². The van der Waals surface area contributed by atoms with Crippen LogP contribution in [0.2, 0.25) is 0 Å². The van der Waals surface area contributed by atoms with Crippen LogP contribution >= 0.6 is 0 Å². The number of hydrogen-bond donors (Lipinski definition) is 1. The molecule has 2 heterocycles. The van der Waals surface area contributed by atoms with Gasteiger partial charge in [0, 0.05) is 30.7 Å². The van der Waals surface area contributed by atoms with Gasteiger partial charge in [0.25, 0.3) is 5.91 Å². The number of carbonyl (C=O) groups excluding carboxylic acids is 2. The van der Waals surface area contributed by atoms with Crippen LogP contribution in [-0.2, 0) is 16.0 Å². The lowest BCUT2D eigenvalue weighted by Gasteiger charge is -2.33. The lowest BCUT2D eigenvalue weighted by molar-refractivity contribution is -0.127. The minimum atomic E-state index is -0.163. The molecule has 2 amide bonds. The largest absolute Gasteiger partial charge is 0.373 e. The number of nitrogens with one attached hydrogen (secondary N) is 1. The van der Waals surface area contributed by atoms with Crippen LogP contribution in [0.5, 0.6) is 0 Å². The number of hydrogen-bond acceptors (Lipinski definition) is 4. The Hall–Kier alpha value is -1.95. The Kier molecular flexibility index (Phi) is 5.37. The number of nitrogens with zero attached hydrogens (tertiary/aromatic N) is 2. The zero-order chi connectivity index (χ0) is 17.9. The van der Waals surface area contributed by atoms with E-state index in [0.29, 0.717) is 31.9 Å². The fourth-order valence-corrected chi connectivity index (χ4v) is 3.27. The standard InChI is InChI=1S/C19H27N3O3/c1-3-14-6-5-7-16(21-14)17(23)22-10-11-25-15(13-22)12-20-18(24)19(4-2)8-9-19/h5-7,15H,3-4,8-13H2,1-2H3,(H,20,24). The van der Waals surface area contributed by atoms with Crippen molar-refractivity contribution in [2.24, 2.45) is 5.41 Å². The van der Waals surface area contributed by atoms with Crippen LogP contribution < -0.4 is 5.32 Å². The molecular weight excluding hydrogens is 318 g/mol. The van der Waals surface area contributed by atoms with E-state index < -0.39 is 0 Å². The van der Waals surface area contributed by atoms with Crippen molar-refractivity contribution in [1.29, 1.82) is 0 Å². The van der Waals surface area contributed by atoms with Crippen molar-refractivity contribution < 1.29 is 14.3 Å². The number of aromatic nitrogens is 1. The summed E-state index contributed by atoms with van der Waals surface area (Å²) in [6.07, 6.45) is 3.48. The number of amides is 2. The molecule has 2 fully saturated rings. The zero-order valence-corrected chi connectivity index (χ0v) is 15.1. The number of carbonyl (C=O) groups is 2. The van der Waals surface area contributed by atoms with E-state index in [1.165, 1.54) is 0 Å². The van der Waals surface area contributed by atoms with Gasteiger partial charge in [0.1, 0.15) is 5.69 Å². The first-order chi connectivity index (χ1) is 12.1. The summed E-state index contributed by atoms with van der Waals surface area (Å²) in [5, 5.41) is 3.01. The van der Waals surface area contributed by atoms with Crippen LogP contribution in [0.4, 0.5) is 0 Å². The van der Waals surface area contributed by atoms with Gasteiger partial charge in [-0.25, -0.2) is 4.98 Å². The Labute approximate surface area is 148 Å². The Morgan fingerprint density at radius 1 is 1.36 bits per heavy atom. The van der Waals surface area contributed by atoms with E-state index in [4.69, 9.17) is 4.74 Å². The predicted molar refractivity (Wildman–Crippen MR) is 94.2 cm³/mol. The molecule has 1 aromatic heterocycles. The van der Waals surface area contributed by atoms with E-state index in [0.717, 1.165) is 31.4 Å². The highest BCUT2D eigenvalue weighted by Gasteiger charge is 2.47. The number of pyridine rings is 1. The first-order valence-electron chi connectivity index (χ1n) is 9.23. The summed E-state index contributed by atoms with van der Waals surface area (Å²) in [4.78, 5) is 31.1. The van der Waals surface area contributed by atoms with Crippen molar-refractivity contribution in [2.75, 3.05) is 26.2 Å². The maximum absolute atomic E-state index is 12.7. The van der Waals surface area contributed by atoms with E-state index in [1.54, 1.807) is 11.0 Å². The smallest absolute Gasteiger partial charge is 0.272 e. The molecule has 0 radical (unpaired) electrons. The average molecular weight is 345 g/mol. The van der Waals surface area contributed by atoms with Gasteiger partial charge in [0.2, 0.25) is 5.91 Å². The first-order valence-corrected chi connectivity index (χ1v) is 9.23. The molecule has 0 aromatic carbocycles. The molecule has 1 aliphatic heterocycles. The minimum Gasteiger partial charge on any atom is -0.373 e. The van der Waals surface area contributed by atoms with E-state index in [9.17, 15) is 9.59 Å². The van der Waals surface area contributed by atoms with Crippen molar-refractivity contribution in [1.82, 2.24) is 15.2 Å². The van der Waals surface area contributed by atoms with Gasteiger partial charge >= 0.3 is 0 Å². The molecule has 1 aliphatic carbocycles. The van der Waals surface area contributed by atoms with E-state index in [2.05, 4.69) is 17.2 Å². The van der Waals surface area contributed by atoms with Crippen LogP contribution in [0.1, 0.15) is 49.3 Å². The summed E-state index contributed by atoms with van der Waals surface area (Å²) in [6, 6.07) is 5.55. The van der Waals surface area contributed by atoms with Gasteiger partial charge in [0.15, 0.2) is 0 Å². The Morgan fingerprint density at radius 2 is 2.16 bits per heavy atom. The highest BCUT2D eigenvalue weighted by Crippen LogP contribution is 2.48. The van der Waals surface area contributed by atoms with Crippen molar-refractivity contribution in [3.8, 4) is 0 Å². The van der Waals surface area contributed by atoms with E-state index in [-0.39, 0.29) is 23.3 Å². The lowest BCUT2D eigenvalue weighted by Crippen LogP contribution is -2.50. The summed E-state index contributed by atoms with van der Waals surface area (Å²) in [5.74, 6) is 0.0570. The van der Waals surface area contributed by atoms with Crippen LogP contribution in [0, 0.1) is 5.41 Å². The second-order valence-electron chi connectivity index (χ2n) is 6.96. The van der Waals surface area contributed by atoms with Gasteiger partial charge < -0.3 is 15.0 Å². The minimum absolute atomic E-state index is 0.0675. The summed E-state index contributed by atoms with van der Waals surface area (Å²) < 4.78 is 5.73. The molecule has 0 spiro atoms. The molecule has 3 rings (SSSR count). The van der Waals surface area contributed by atoms with Crippen LogP contribution in [0.25, 0.3) is 0 Å². The third-order valence-corrected chi connectivity index (χ3v) is 5.32. The molecule has 1 aromatic rings. The lowest BCUT2D eigenvalue weighted by atomic mass is 10.0. The molecule has 1 unspecified atom stereocenters. The number of rotatable bonds is 6. The molecule has 1 saturated carbocycles. The maximum atomic E-state index is 12.7. The molecule has 1 saturated heterocycles. The zero-order valence-electron chi connectivity index (χ0n) is 15.1. The summed E-state index contributed by atoms with van der Waals surface area (Å²) in [6.45, 7) is 6.05. The Bertz CT molecular complexity index is 643. The van der Waals surface area contributed by atoms with Gasteiger partial charge in [-0.3, -0.25) is 9.59 Å². The monoisotopic (exact) mass is 345 g/mol. The molecule has 0 bridgehead atoms. The topological polar surface area (TPSA) is 71.5 Å². The van der Waals surface area contributed by atoms with Gasteiger partial charge in [-0.05, 0) is 37.8 Å². The fraction of sp³-hybridized carbons (Fsp3) is 0.632. The molecule has 25 heavy (non-hydrogen) atoms. The van der Waals surface area contributed by atoms with Crippen LogP contribution in [-0.4, -0.2) is 54.0 Å². The van der Waals surface area contributed by atoms with Gasteiger partial charge in [-0.1, -0.05) is 19.9 Å². The second kappa shape index (κ2) is 7.52. The summed E-state index contributed by atoms with van der Waals surface area (Å²) >= 11 is 0. The van der Waals surface area contributed by atoms with E-state index >= 15 is 0 Å². The quantitative estimate of drug-likeness (QED) is 0.853. The van der Waals surface area contributed by atoms with Crippen LogP contribution in [0.3, 0.4) is 0 Å². The number of morpholine rings is 1. The number of aryl methyl sites for hydroxylation is 1. The van der Waals surface area contributed by atoms with Crippen molar-refractivity contribution in [3.63, 3.8) is 0 Å². The SMILES string of the molecule is CCc1cccc(C(=O)N2CCOC(CNC(=O)C3(CC)CC3)C2)n1. The van der Waals surface area contributed by atoms with Gasteiger partial charge in [0.05, 0.1) is 12.7 Å². The van der Waals surface area contributed by atoms with Crippen molar-refractivity contribution in [3.05, 3.63) is 29.6 Å². The molecular formula is C19H27N3O3. The Morgan fingerprint density at radius 3 is 2.84 bits per heavy atom. The highest BCUT2D eigenvalue weighted by molar-refractivity contribution is 5.92. The van der Waals surface area contributed by atoms with Crippen molar-refractivity contribution in [2.45, 2.75) is 45.6 Å². The molecule has 2 aliphatic rings. The molecule has 1 atom stereocenters. The molecule has 6 heteroatoms. The number of ether oxygens (including phenoxy) is 1. The third kappa shape index (κ3) is 4.00. The second-order valence-corrected chi connectivity index (χ2v) is 6.96. The summed E-state index contributed by atoms with van der Waals surface area (Å²) in [5.41, 5.74) is 1.25. The van der Waals surface area contributed by atoms with Gasteiger partial charge in [-0.2, -0.15) is 0 Å². The summed E-state index contributed by atoms with van der Waals surface area (Å²) in [7, 11) is 0. The predicted octanol–water partition coefficient (Wildman–Crippen LogP) is 1.79. The normalized spacial score (nSPS) is 21.7. The highest BCUT2D eigenvalue weighted by atomic mass is 16.5. The van der Waals surface area contributed by atoms with E-state index in [1.807, 2.05) is 19.1 Å². The van der Waals surface area contributed by atoms with Crippen molar-refractivity contribution >= 4 is 11.8 Å². The third-order valence-electron chi connectivity index (χ3n) is 5.32. The average Bonchev–Trinajstić information content (AvgIpc) is 3.47. The fourth-order valence-electron chi connectivity index (χ4n) is 3.27. The molecule has 1 N–H and O–H groups in total. The maximum Gasteiger partial charge on any atom is 0.272 e. The Balaban J connectivity index is 1.55. The van der Waals surface area contributed by atoms with Gasteiger partial charge in [-0.15, -0.1) is 0 Å². The first kappa shape index (κ1) is 17.9.